The normalized spacial score (nSPS) is 13.0. The number of hydrogen-bond donors (Lipinski definition) is 2. The maximum atomic E-state index is 12.4. The molecule has 0 saturated heterocycles. The summed E-state index contributed by atoms with van der Waals surface area (Å²) in [5, 5.41) is 6.22. The molecule has 0 aromatic heterocycles. The van der Waals surface area contributed by atoms with Gasteiger partial charge in [-0.05, 0) is 29.7 Å². The predicted molar refractivity (Wildman–Crippen MR) is 113 cm³/mol. The van der Waals surface area contributed by atoms with E-state index in [1.165, 1.54) is 32.3 Å². The van der Waals surface area contributed by atoms with Gasteiger partial charge in [-0.2, -0.15) is 0 Å². The van der Waals surface area contributed by atoms with E-state index in [2.05, 4.69) is 24.5 Å². The quantitative estimate of drug-likeness (QED) is 0.680. The van der Waals surface area contributed by atoms with Gasteiger partial charge in [0.2, 0.25) is 15.9 Å². The molecule has 1 atom stereocenters. The summed E-state index contributed by atoms with van der Waals surface area (Å²) in [5.41, 5.74) is 1.36. The smallest absolute Gasteiger partial charge is 0.242 e. The third-order valence-electron chi connectivity index (χ3n) is 4.30. The summed E-state index contributed by atoms with van der Waals surface area (Å²) in [7, 11) is -0.725. The first-order valence-corrected chi connectivity index (χ1v) is 10.7. The number of rotatable bonds is 8. The van der Waals surface area contributed by atoms with Crippen molar-refractivity contribution in [1.82, 2.24) is 9.62 Å². The number of carbonyl (C=O) groups is 1. The molecule has 6 nitrogen and oxygen atoms in total. The van der Waals surface area contributed by atoms with Crippen LogP contribution < -0.4 is 10.6 Å². The van der Waals surface area contributed by atoms with Crippen molar-refractivity contribution in [1.29, 1.82) is 0 Å². The van der Waals surface area contributed by atoms with E-state index in [9.17, 15) is 13.2 Å². The van der Waals surface area contributed by atoms with E-state index >= 15 is 0 Å². The first-order valence-electron chi connectivity index (χ1n) is 8.93. The fourth-order valence-electron chi connectivity index (χ4n) is 2.77. The molecule has 28 heavy (non-hydrogen) atoms. The molecule has 0 aliphatic rings. The Morgan fingerprint density at radius 2 is 1.75 bits per heavy atom. The maximum absolute atomic E-state index is 12.4. The zero-order valence-electron chi connectivity index (χ0n) is 16.4. The summed E-state index contributed by atoms with van der Waals surface area (Å²) < 4.78 is 25.7. The molecule has 2 N–H and O–H groups in total. The molecule has 0 saturated carbocycles. The number of benzene rings is 2. The highest BCUT2D eigenvalue weighted by Crippen LogP contribution is 2.26. The van der Waals surface area contributed by atoms with Crippen LogP contribution in [0.15, 0.2) is 53.4 Å². The van der Waals surface area contributed by atoms with Crippen LogP contribution in [0.1, 0.15) is 25.5 Å². The Morgan fingerprint density at radius 1 is 1.11 bits per heavy atom. The monoisotopic (exact) mass is 423 g/mol. The lowest BCUT2D eigenvalue weighted by Crippen LogP contribution is -2.33. The van der Waals surface area contributed by atoms with Crippen LogP contribution in [-0.2, 0) is 14.8 Å². The molecule has 2 aromatic rings. The minimum Gasteiger partial charge on any atom is -0.324 e. The fourth-order valence-corrected chi connectivity index (χ4v) is 3.86. The van der Waals surface area contributed by atoms with Gasteiger partial charge in [0, 0.05) is 20.1 Å². The number of nitrogens with zero attached hydrogens (tertiary/aromatic N) is 1. The van der Waals surface area contributed by atoms with Crippen molar-refractivity contribution in [3.63, 3.8) is 0 Å². The highest BCUT2D eigenvalue weighted by molar-refractivity contribution is 7.89. The van der Waals surface area contributed by atoms with E-state index in [1.54, 1.807) is 0 Å². The Balaban J connectivity index is 2.10. The van der Waals surface area contributed by atoms with Gasteiger partial charge in [0.25, 0.3) is 0 Å². The highest BCUT2D eigenvalue weighted by Gasteiger charge is 2.20. The third kappa shape index (κ3) is 5.54. The largest absolute Gasteiger partial charge is 0.324 e. The van der Waals surface area contributed by atoms with Crippen molar-refractivity contribution in [2.24, 2.45) is 5.92 Å². The van der Waals surface area contributed by atoms with Gasteiger partial charge in [-0.3, -0.25) is 4.79 Å². The summed E-state index contributed by atoms with van der Waals surface area (Å²) in [4.78, 5) is 12.5. The molecule has 0 spiro atoms. The van der Waals surface area contributed by atoms with Crippen LogP contribution in [0, 0.1) is 5.92 Å². The molecule has 2 rings (SSSR count). The number of hydrogen-bond acceptors (Lipinski definition) is 4. The lowest BCUT2D eigenvalue weighted by Gasteiger charge is -2.23. The Hall–Kier alpha value is -1.93. The van der Waals surface area contributed by atoms with Crippen molar-refractivity contribution in [2.45, 2.75) is 24.8 Å². The van der Waals surface area contributed by atoms with Gasteiger partial charge in [0.1, 0.15) is 0 Å². The molecule has 0 heterocycles. The van der Waals surface area contributed by atoms with Crippen LogP contribution >= 0.6 is 11.6 Å². The summed E-state index contributed by atoms with van der Waals surface area (Å²) in [6, 6.07) is 14.2. The number of amides is 1. The highest BCUT2D eigenvalue weighted by atomic mass is 35.5. The van der Waals surface area contributed by atoms with Gasteiger partial charge < -0.3 is 10.6 Å². The standard InChI is InChI=1S/C20H26ClN3O3S/c1-14(2)20(15-8-6-5-7-9-15)22-13-19(25)23-18-12-16(10-11-17(18)21)28(26,27)24(3)4/h5-12,14,20,22H,13H2,1-4H3,(H,23,25)/t20-/m1/s1. The Labute approximate surface area is 171 Å². The SMILES string of the molecule is CC(C)[C@@H](NCC(=O)Nc1cc(S(=O)(=O)N(C)C)ccc1Cl)c1ccccc1. The fraction of sp³-hybridized carbons (Fsp3) is 0.350. The number of halogens is 1. The molecule has 0 aliphatic carbocycles. The van der Waals surface area contributed by atoms with Crippen LogP contribution in [0.2, 0.25) is 5.02 Å². The van der Waals surface area contributed by atoms with Crippen LogP contribution in [0.25, 0.3) is 0 Å². The van der Waals surface area contributed by atoms with E-state index in [0.29, 0.717) is 0 Å². The molecule has 0 unspecified atom stereocenters. The second kappa shape index (κ2) is 9.52. The molecule has 2 aromatic carbocycles. The van der Waals surface area contributed by atoms with Gasteiger partial charge in [0.05, 0.1) is 22.2 Å². The summed E-state index contributed by atoms with van der Waals surface area (Å²) >= 11 is 6.14. The third-order valence-corrected chi connectivity index (χ3v) is 6.44. The zero-order chi connectivity index (χ0) is 20.9. The van der Waals surface area contributed by atoms with Crippen molar-refractivity contribution in [2.75, 3.05) is 26.0 Å². The van der Waals surface area contributed by atoms with Crippen LogP contribution in [0.4, 0.5) is 5.69 Å². The lowest BCUT2D eigenvalue weighted by atomic mass is 9.96. The molecule has 0 fully saturated rings. The number of sulfonamides is 1. The van der Waals surface area contributed by atoms with Crippen LogP contribution in [-0.4, -0.2) is 39.3 Å². The van der Waals surface area contributed by atoms with Crippen molar-refractivity contribution < 1.29 is 13.2 Å². The van der Waals surface area contributed by atoms with Crippen LogP contribution in [0.5, 0.6) is 0 Å². The van der Waals surface area contributed by atoms with Gasteiger partial charge in [0.15, 0.2) is 0 Å². The molecule has 0 radical (unpaired) electrons. The van der Waals surface area contributed by atoms with Gasteiger partial charge >= 0.3 is 0 Å². The van der Waals surface area contributed by atoms with Crippen molar-refractivity contribution in [3.05, 3.63) is 59.1 Å². The summed E-state index contributed by atoms with van der Waals surface area (Å²) in [5.74, 6) is -0.0183. The van der Waals surface area contributed by atoms with E-state index in [0.717, 1.165) is 9.87 Å². The van der Waals surface area contributed by atoms with E-state index in [4.69, 9.17) is 11.6 Å². The minimum absolute atomic E-state index is 0.0166. The van der Waals surface area contributed by atoms with E-state index in [1.807, 2.05) is 30.3 Å². The Kier molecular flexibility index (Phi) is 7.60. The van der Waals surface area contributed by atoms with Gasteiger partial charge in [-0.1, -0.05) is 55.8 Å². The molecule has 0 bridgehead atoms. The molecule has 152 valence electrons. The first-order chi connectivity index (χ1) is 13.1. The zero-order valence-corrected chi connectivity index (χ0v) is 18.0. The predicted octanol–water partition coefficient (Wildman–Crippen LogP) is 3.52. The van der Waals surface area contributed by atoms with Crippen molar-refractivity contribution in [3.8, 4) is 0 Å². The maximum Gasteiger partial charge on any atom is 0.242 e. The second-order valence-corrected chi connectivity index (χ2v) is 9.55. The van der Waals surface area contributed by atoms with E-state index < -0.39 is 10.0 Å². The summed E-state index contributed by atoms with van der Waals surface area (Å²) in [6.07, 6.45) is 0. The number of anilines is 1. The average Bonchev–Trinajstić information content (AvgIpc) is 2.64. The minimum atomic E-state index is -3.62. The van der Waals surface area contributed by atoms with Gasteiger partial charge in [-0.25, -0.2) is 12.7 Å². The molecular weight excluding hydrogens is 398 g/mol. The molecule has 1 amide bonds. The molecule has 8 heteroatoms. The topological polar surface area (TPSA) is 78.5 Å². The average molecular weight is 424 g/mol. The number of carbonyl (C=O) groups excluding carboxylic acids is 1. The Bertz CT molecular complexity index is 916. The second-order valence-electron chi connectivity index (χ2n) is 6.99. The van der Waals surface area contributed by atoms with Crippen LogP contribution in [0.3, 0.4) is 0 Å². The van der Waals surface area contributed by atoms with Crippen molar-refractivity contribution >= 4 is 33.2 Å². The Morgan fingerprint density at radius 3 is 2.32 bits per heavy atom. The first kappa shape index (κ1) is 22.4. The molecule has 0 aliphatic heterocycles. The van der Waals surface area contributed by atoms with E-state index in [-0.39, 0.29) is 40.0 Å². The number of nitrogens with one attached hydrogen (secondary N) is 2. The summed E-state index contributed by atoms with van der Waals surface area (Å²) in [6.45, 7) is 4.22. The molecular formula is C20H26ClN3O3S. The van der Waals surface area contributed by atoms with Gasteiger partial charge in [-0.15, -0.1) is 0 Å². The lowest BCUT2D eigenvalue weighted by molar-refractivity contribution is -0.115.